The zero-order valence-corrected chi connectivity index (χ0v) is 69.9. The van der Waals surface area contributed by atoms with Crippen molar-refractivity contribution in [1.29, 1.82) is 0 Å². The van der Waals surface area contributed by atoms with Crippen molar-refractivity contribution in [3.8, 4) is 135 Å². The molecule has 120 heavy (non-hydrogen) atoms. The quantitative estimate of drug-likeness (QED) is 0.0933. The zero-order chi connectivity index (χ0) is 81.6. The number of halogens is 1. The summed E-state index contributed by atoms with van der Waals surface area (Å²) in [5, 5.41) is 5.36. The van der Waals surface area contributed by atoms with Gasteiger partial charge < -0.3 is 9.31 Å². The van der Waals surface area contributed by atoms with Gasteiger partial charge in [0.2, 0.25) is 10.9 Å². The molecule has 1 atom stereocenters. The van der Waals surface area contributed by atoms with E-state index in [1.165, 1.54) is 107 Å². The lowest BCUT2D eigenvalue weighted by atomic mass is 9.76. The number of fused-ring (bicyclic) bond motifs is 12. The number of benzene rings is 15. The van der Waals surface area contributed by atoms with Crippen LogP contribution in [0, 0.1) is 6.92 Å². The zero-order valence-electron chi connectivity index (χ0n) is 67.5. The minimum absolute atomic E-state index is 0.0884. The van der Waals surface area contributed by atoms with Crippen LogP contribution in [0.25, 0.3) is 175 Å². The smallest absolute Gasteiger partial charge is 0.395 e. The van der Waals surface area contributed by atoms with Gasteiger partial charge in [0.05, 0.1) is 6.92 Å². The van der Waals surface area contributed by atoms with Crippen molar-refractivity contribution in [2.75, 3.05) is 0 Å². The Bertz CT molecular complexity index is 7180. The second kappa shape index (κ2) is 30.4. The molecule has 2 aliphatic carbocycles. The summed E-state index contributed by atoms with van der Waals surface area (Å²) in [6.45, 7) is 19.5. The van der Waals surface area contributed by atoms with Crippen LogP contribution in [0.3, 0.4) is 0 Å². The van der Waals surface area contributed by atoms with E-state index in [4.69, 9.17) is 40.8 Å². The lowest BCUT2D eigenvalue weighted by molar-refractivity contribution is 0.0262. The lowest BCUT2D eigenvalue weighted by Crippen LogP contribution is -2.42. The Kier molecular flexibility index (Phi) is 19.1. The fraction of sp³-hybridized carbons (Fsp3) is 0.102. The van der Waals surface area contributed by atoms with Crippen LogP contribution in [-0.2, 0) is 20.1 Å². The highest BCUT2D eigenvalue weighted by Crippen LogP contribution is 2.52. The van der Waals surface area contributed by atoms with Gasteiger partial charge in [0.15, 0.2) is 29.1 Å². The summed E-state index contributed by atoms with van der Waals surface area (Å²) in [5.41, 5.74) is 26.4. The summed E-state index contributed by atoms with van der Waals surface area (Å²) < 4.78 is 17.9. The molecule has 8 nitrogen and oxygen atoms in total. The largest absolute Gasteiger partial charge is 0.498 e. The third-order valence-electron chi connectivity index (χ3n) is 24.3. The average molecular weight is 1610 g/mol. The SMILES string of the molecule is CC1(C)c2ccccc2-c2ccc(-c3nc(-c4ccccc4)nc(-c4cc(-c5ccccc5)cc(-c5cccc6c5sc5ccccc56)c4)n3)cc21.CC1(C)c2ccccc2-c2ccc(-c3nc(Cl)nc(-c4ccc(-c5ccccc5)cc4)n3)cc21.[CH2+]C1(C)OB(c2cc(-c3ccccc3)cc(-c3cccc4c3sc3ccccc34)c2)OC1(C)C. The Hall–Kier alpha value is -13.1. The molecule has 1 aliphatic heterocycles. The van der Waals surface area contributed by atoms with Crippen LogP contribution in [0.15, 0.2) is 352 Å². The molecule has 0 bridgehead atoms. The van der Waals surface area contributed by atoms with Gasteiger partial charge in [-0.3, -0.25) is 0 Å². The Morgan fingerprint density at radius 3 is 1.08 bits per heavy atom. The molecule has 1 saturated heterocycles. The first kappa shape index (κ1) is 75.6. The first-order chi connectivity index (χ1) is 58.3. The Morgan fingerprint density at radius 2 is 0.592 bits per heavy atom. The van der Waals surface area contributed by atoms with Crippen LogP contribution in [-0.4, -0.2) is 48.2 Å². The third kappa shape index (κ3) is 13.9. The summed E-state index contributed by atoms with van der Waals surface area (Å²) in [6.07, 6.45) is 0. The number of hydrogen-bond donors (Lipinski definition) is 0. The van der Waals surface area contributed by atoms with Gasteiger partial charge in [-0.25, -0.2) is 19.9 Å². The maximum atomic E-state index is 6.39. The van der Waals surface area contributed by atoms with Gasteiger partial charge in [-0.15, -0.1) is 22.7 Å². The maximum absolute atomic E-state index is 6.39. The Labute approximate surface area is 712 Å². The molecule has 1 unspecified atom stereocenters. The van der Waals surface area contributed by atoms with E-state index in [9.17, 15) is 0 Å². The van der Waals surface area contributed by atoms with E-state index < -0.39 is 18.3 Å². The summed E-state index contributed by atoms with van der Waals surface area (Å²) >= 11 is 10.1. The molecule has 22 rings (SSSR count). The van der Waals surface area contributed by atoms with Gasteiger partial charge in [-0.1, -0.05) is 331 Å². The summed E-state index contributed by atoms with van der Waals surface area (Å²) in [7, 11) is -0.471. The summed E-state index contributed by atoms with van der Waals surface area (Å²) in [6, 6.07) is 124. The second-order valence-electron chi connectivity index (χ2n) is 33.0. The molecule has 0 N–H and O–H groups in total. The molecular weight excluding hydrogens is 1520 g/mol. The molecule has 0 spiro atoms. The van der Waals surface area contributed by atoms with Crippen LogP contribution in [0.5, 0.6) is 0 Å². The van der Waals surface area contributed by atoms with E-state index in [1.807, 2.05) is 98.0 Å². The van der Waals surface area contributed by atoms with Crippen molar-refractivity contribution in [3.63, 3.8) is 0 Å². The molecule has 4 aromatic heterocycles. The molecule has 0 amide bonds. The predicted octanol–water partition coefficient (Wildman–Crippen LogP) is 28.2. The van der Waals surface area contributed by atoms with E-state index in [2.05, 4.69) is 342 Å². The maximum Gasteiger partial charge on any atom is 0.498 e. The fourth-order valence-corrected chi connectivity index (χ4v) is 20.1. The van der Waals surface area contributed by atoms with Crippen molar-refractivity contribution in [2.45, 2.75) is 70.5 Å². The van der Waals surface area contributed by atoms with Crippen molar-refractivity contribution < 1.29 is 9.31 Å². The van der Waals surface area contributed by atoms with E-state index in [0.717, 1.165) is 66.7 Å². The van der Waals surface area contributed by atoms with Crippen LogP contribution in [0.4, 0.5) is 0 Å². The molecule has 0 radical (unpaired) electrons. The summed E-state index contributed by atoms with van der Waals surface area (Å²) in [4.78, 5) is 29.2. The van der Waals surface area contributed by atoms with Crippen molar-refractivity contribution >= 4 is 87.2 Å². The first-order valence-electron chi connectivity index (χ1n) is 40.7. The first-order valence-corrected chi connectivity index (χ1v) is 42.7. The van der Waals surface area contributed by atoms with E-state index in [0.29, 0.717) is 29.1 Å². The van der Waals surface area contributed by atoms with Crippen LogP contribution >= 0.6 is 34.3 Å². The highest BCUT2D eigenvalue weighted by atomic mass is 35.5. The minimum Gasteiger partial charge on any atom is -0.395 e. The number of nitrogens with zero attached hydrogens (tertiary/aromatic N) is 6. The molecule has 3 aliphatic rings. The van der Waals surface area contributed by atoms with Crippen molar-refractivity contribution in [1.82, 2.24) is 29.9 Å². The number of thiophene rings is 2. The monoisotopic (exact) mass is 1600 g/mol. The van der Waals surface area contributed by atoms with Gasteiger partial charge in [0.1, 0.15) is 5.60 Å². The lowest BCUT2D eigenvalue weighted by Gasteiger charge is -2.25. The molecular formula is C108H81BClN6O2S2+. The number of aromatic nitrogens is 6. The second-order valence-corrected chi connectivity index (χ2v) is 35.4. The van der Waals surface area contributed by atoms with Gasteiger partial charge in [0.25, 0.3) is 0 Å². The molecule has 576 valence electrons. The van der Waals surface area contributed by atoms with Gasteiger partial charge in [0, 0.05) is 85.9 Å². The Morgan fingerprint density at radius 1 is 0.267 bits per heavy atom. The minimum atomic E-state index is -0.633. The fourth-order valence-electron chi connectivity index (χ4n) is 17.4. The van der Waals surface area contributed by atoms with Crippen LogP contribution in [0.2, 0.25) is 5.28 Å². The normalized spacial score (nSPS) is 15.0. The highest BCUT2D eigenvalue weighted by molar-refractivity contribution is 7.26. The van der Waals surface area contributed by atoms with E-state index >= 15 is 0 Å². The van der Waals surface area contributed by atoms with E-state index in [-0.39, 0.29) is 16.1 Å². The third-order valence-corrected chi connectivity index (χ3v) is 26.9. The molecule has 5 heterocycles. The summed E-state index contributed by atoms with van der Waals surface area (Å²) in [5.74, 6) is 3.11. The Balaban J connectivity index is 0.000000119. The standard InChI is InChI=1S/C48H33N3S.C30H26BO2S.C30H22ClN3/c1-48(2)41-22-11-9-18-37(41)38-25-24-32(29-42(38)48)46-49-45(31-16-7-4-8-17-31)50-47(51-46)35-27-33(30-14-5-3-6-15-30)26-34(28-35)36-20-13-21-40-39-19-10-12-23-43(39)52-44(36)40;1-29(2)30(3,4)33-31(32-29)23-18-21(20-11-6-5-7-12-20)17-22(19-23)24-14-10-15-26-25-13-8-9-16-27(25)34-28(24)26;1-30(2)25-11-7-6-10-23(25)24-17-16-22(18-26(24)30)28-32-27(33-29(31)34-28)21-14-12-20(13-15-21)19-8-4-3-5-9-19/h3-29H,1-2H3;5-19H,1H2,2-4H3;3-18H,1-2H3/q;+1;. The molecule has 0 saturated carbocycles. The molecule has 1 fully saturated rings. The molecule has 19 aromatic rings. The molecule has 12 heteroatoms. The van der Waals surface area contributed by atoms with Crippen LogP contribution < -0.4 is 5.46 Å². The number of rotatable bonds is 11. The van der Waals surface area contributed by atoms with Crippen LogP contribution in [0.1, 0.15) is 70.7 Å². The van der Waals surface area contributed by atoms with Gasteiger partial charge in [-0.05, 0) is 180 Å². The van der Waals surface area contributed by atoms with Crippen molar-refractivity contribution in [2.24, 2.45) is 0 Å². The highest BCUT2D eigenvalue weighted by Gasteiger charge is 2.57. The predicted molar refractivity (Wildman–Crippen MR) is 502 cm³/mol. The average Bonchev–Trinajstić information content (AvgIpc) is 1.57. The molecule has 15 aromatic carbocycles. The van der Waals surface area contributed by atoms with E-state index in [1.54, 1.807) is 0 Å². The number of hydrogen-bond acceptors (Lipinski definition) is 10. The van der Waals surface area contributed by atoms with Crippen molar-refractivity contribution in [3.05, 3.63) is 386 Å². The van der Waals surface area contributed by atoms with Gasteiger partial charge in [-0.2, -0.15) is 9.97 Å². The van der Waals surface area contributed by atoms with Gasteiger partial charge >= 0.3 is 7.12 Å². The topological polar surface area (TPSA) is 95.8 Å².